The van der Waals surface area contributed by atoms with Crippen LogP contribution < -0.4 is 10.6 Å². The summed E-state index contributed by atoms with van der Waals surface area (Å²) in [5.41, 5.74) is -1.34. The highest BCUT2D eigenvalue weighted by Gasteiger charge is 2.32. The molecule has 0 aromatic heterocycles. The topological polar surface area (TPSA) is 78.4 Å². The second-order valence-corrected chi connectivity index (χ2v) is 5.54. The van der Waals surface area contributed by atoms with Crippen molar-refractivity contribution in [2.75, 3.05) is 6.54 Å². The molecule has 3 N–H and O–H groups in total. The summed E-state index contributed by atoms with van der Waals surface area (Å²) in [5.74, 6) is -1.12. The highest BCUT2D eigenvalue weighted by Crippen LogP contribution is 2.12. The first kappa shape index (κ1) is 15.9. The van der Waals surface area contributed by atoms with Crippen LogP contribution in [-0.2, 0) is 9.59 Å². The SMILES string of the molecule is CCCC(C)(NCC(=O)NC(C)(C)C)C(=O)O. The summed E-state index contributed by atoms with van der Waals surface area (Å²) in [5, 5.41) is 14.7. The first-order valence-electron chi connectivity index (χ1n) is 5.90. The number of hydrogen-bond acceptors (Lipinski definition) is 3. The van der Waals surface area contributed by atoms with Crippen molar-refractivity contribution in [1.29, 1.82) is 0 Å². The number of amides is 1. The third kappa shape index (κ3) is 6.26. The third-order valence-electron chi connectivity index (χ3n) is 2.38. The van der Waals surface area contributed by atoms with Crippen LogP contribution in [0.4, 0.5) is 0 Å². The summed E-state index contributed by atoms with van der Waals surface area (Å²) in [6, 6.07) is 0. The molecule has 17 heavy (non-hydrogen) atoms. The molecule has 0 fully saturated rings. The van der Waals surface area contributed by atoms with Crippen LogP contribution in [0.15, 0.2) is 0 Å². The van der Waals surface area contributed by atoms with Crippen LogP contribution in [0.25, 0.3) is 0 Å². The normalized spacial score (nSPS) is 15.1. The van der Waals surface area contributed by atoms with Crippen molar-refractivity contribution in [1.82, 2.24) is 10.6 Å². The maximum atomic E-state index is 11.6. The van der Waals surface area contributed by atoms with Crippen molar-refractivity contribution in [3.8, 4) is 0 Å². The molecule has 0 aliphatic rings. The number of carbonyl (C=O) groups is 2. The zero-order valence-corrected chi connectivity index (χ0v) is 11.4. The van der Waals surface area contributed by atoms with E-state index in [1.54, 1.807) is 6.92 Å². The summed E-state index contributed by atoms with van der Waals surface area (Å²) < 4.78 is 0. The number of rotatable bonds is 6. The Bertz CT molecular complexity index is 284. The van der Waals surface area contributed by atoms with Gasteiger partial charge in [-0.05, 0) is 34.1 Å². The number of hydrogen-bond donors (Lipinski definition) is 3. The molecule has 1 unspecified atom stereocenters. The van der Waals surface area contributed by atoms with Gasteiger partial charge in [-0.3, -0.25) is 14.9 Å². The summed E-state index contributed by atoms with van der Waals surface area (Å²) in [4.78, 5) is 22.7. The minimum Gasteiger partial charge on any atom is -0.480 e. The number of carbonyl (C=O) groups excluding carboxylic acids is 1. The molecule has 1 atom stereocenters. The van der Waals surface area contributed by atoms with Gasteiger partial charge in [0.1, 0.15) is 5.54 Å². The maximum absolute atomic E-state index is 11.6. The van der Waals surface area contributed by atoms with Crippen LogP contribution in [0.2, 0.25) is 0 Å². The van der Waals surface area contributed by atoms with Gasteiger partial charge in [0.25, 0.3) is 0 Å². The first-order valence-corrected chi connectivity index (χ1v) is 5.90. The van der Waals surface area contributed by atoms with Gasteiger partial charge in [-0.15, -0.1) is 0 Å². The van der Waals surface area contributed by atoms with E-state index < -0.39 is 11.5 Å². The lowest BCUT2D eigenvalue weighted by Gasteiger charge is -2.27. The number of aliphatic carboxylic acids is 1. The average Bonchev–Trinajstić information content (AvgIpc) is 2.12. The molecule has 0 aromatic rings. The summed E-state index contributed by atoms with van der Waals surface area (Å²) in [7, 11) is 0. The largest absolute Gasteiger partial charge is 0.480 e. The highest BCUT2D eigenvalue weighted by atomic mass is 16.4. The van der Waals surface area contributed by atoms with Gasteiger partial charge in [-0.2, -0.15) is 0 Å². The molecular formula is C12H24N2O3. The van der Waals surface area contributed by atoms with E-state index in [0.717, 1.165) is 6.42 Å². The van der Waals surface area contributed by atoms with Crippen LogP contribution in [0.1, 0.15) is 47.5 Å². The second-order valence-electron chi connectivity index (χ2n) is 5.54. The van der Waals surface area contributed by atoms with Crippen molar-refractivity contribution in [3.05, 3.63) is 0 Å². The van der Waals surface area contributed by atoms with Crippen LogP contribution in [0, 0.1) is 0 Å². The summed E-state index contributed by atoms with van der Waals surface area (Å²) in [6.45, 7) is 9.18. The smallest absolute Gasteiger partial charge is 0.323 e. The minimum absolute atomic E-state index is 0.0140. The molecule has 0 saturated heterocycles. The molecule has 0 heterocycles. The fraction of sp³-hybridized carbons (Fsp3) is 0.833. The van der Waals surface area contributed by atoms with E-state index >= 15 is 0 Å². The Hall–Kier alpha value is -1.10. The third-order valence-corrected chi connectivity index (χ3v) is 2.38. The Morgan fingerprint density at radius 3 is 2.06 bits per heavy atom. The molecule has 0 aromatic carbocycles. The van der Waals surface area contributed by atoms with Gasteiger partial charge in [-0.1, -0.05) is 13.3 Å². The van der Waals surface area contributed by atoms with Gasteiger partial charge in [0.15, 0.2) is 0 Å². The Morgan fingerprint density at radius 1 is 1.18 bits per heavy atom. The zero-order chi connectivity index (χ0) is 13.7. The number of nitrogens with one attached hydrogen (secondary N) is 2. The van der Waals surface area contributed by atoms with Gasteiger partial charge in [0.2, 0.25) is 5.91 Å². The van der Waals surface area contributed by atoms with Crippen molar-refractivity contribution >= 4 is 11.9 Å². The van der Waals surface area contributed by atoms with Gasteiger partial charge in [0, 0.05) is 5.54 Å². The summed E-state index contributed by atoms with van der Waals surface area (Å²) >= 11 is 0. The lowest BCUT2D eigenvalue weighted by molar-refractivity contribution is -0.144. The zero-order valence-electron chi connectivity index (χ0n) is 11.4. The van der Waals surface area contributed by atoms with E-state index in [2.05, 4.69) is 10.6 Å². The van der Waals surface area contributed by atoms with E-state index in [1.165, 1.54) is 0 Å². The van der Waals surface area contributed by atoms with Gasteiger partial charge >= 0.3 is 5.97 Å². The molecule has 5 heteroatoms. The molecular weight excluding hydrogens is 220 g/mol. The highest BCUT2D eigenvalue weighted by molar-refractivity contribution is 5.82. The minimum atomic E-state index is -1.04. The number of carboxylic acid groups (broad SMARTS) is 1. The second kappa shape index (κ2) is 6.00. The fourth-order valence-corrected chi connectivity index (χ4v) is 1.51. The molecule has 0 spiro atoms. The molecule has 0 radical (unpaired) electrons. The molecule has 0 bridgehead atoms. The van der Waals surface area contributed by atoms with E-state index in [0.29, 0.717) is 6.42 Å². The fourth-order valence-electron chi connectivity index (χ4n) is 1.51. The molecule has 5 nitrogen and oxygen atoms in total. The van der Waals surface area contributed by atoms with E-state index in [4.69, 9.17) is 5.11 Å². The summed E-state index contributed by atoms with van der Waals surface area (Å²) in [6.07, 6.45) is 1.24. The van der Waals surface area contributed by atoms with E-state index in [-0.39, 0.29) is 18.0 Å². The lowest BCUT2D eigenvalue weighted by atomic mass is 9.96. The average molecular weight is 244 g/mol. The molecule has 0 aliphatic carbocycles. The number of carboxylic acids is 1. The molecule has 1 amide bonds. The Morgan fingerprint density at radius 2 is 1.71 bits per heavy atom. The lowest BCUT2D eigenvalue weighted by Crippen LogP contribution is -2.54. The molecule has 0 aliphatic heterocycles. The van der Waals surface area contributed by atoms with Crippen LogP contribution in [0.3, 0.4) is 0 Å². The predicted molar refractivity (Wildman–Crippen MR) is 66.8 cm³/mol. The van der Waals surface area contributed by atoms with Gasteiger partial charge < -0.3 is 10.4 Å². The van der Waals surface area contributed by atoms with E-state index in [1.807, 2.05) is 27.7 Å². The monoisotopic (exact) mass is 244 g/mol. The molecule has 0 rings (SSSR count). The van der Waals surface area contributed by atoms with Crippen molar-refractivity contribution < 1.29 is 14.7 Å². The van der Waals surface area contributed by atoms with Crippen molar-refractivity contribution in [3.63, 3.8) is 0 Å². The maximum Gasteiger partial charge on any atom is 0.323 e. The Balaban J connectivity index is 4.33. The van der Waals surface area contributed by atoms with Gasteiger partial charge in [-0.25, -0.2) is 0 Å². The standard InChI is InChI=1S/C12H24N2O3/c1-6-7-12(5,10(16)17)13-8-9(15)14-11(2,3)4/h13H,6-8H2,1-5H3,(H,14,15)(H,16,17). The Kier molecular flexibility index (Phi) is 5.61. The van der Waals surface area contributed by atoms with E-state index in [9.17, 15) is 9.59 Å². The van der Waals surface area contributed by atoms with Crippen molar-refractivity contribution in [2.24, 2.45) is 0 Å². The van der Waals surface area contributed by atoms with Crippen LogP contribution in [-0.4, -0.2) is 34.6 Å². The Labute approximate surface area is 103 Å². The quantitative estimate of drug-likeness (QED) is 0.654. The predicted octanol–water partition coefficient (Wildman–Crippen LogP) is 1.13. The van der Waals surface area contributed by atoms with Crippen LogP contribution in [0.5, 0.6) is 0 Å². The van der Waals surface area contributed by atoms with Crippen molar-refractivity contribution in [2.45, 2.75) is 58.5 Å². The first-order chi connectivity index (χ1) is 7.60. The van der Waals surface area contributed by atoms with Gasteiger partial charge in [0.05, 0.1) is 6.54 Å². The molecule has 100 valence electrons. The van der Waals surface area contributed by atoms with Crippen LogP contribution >= 0.6 is 0 Å². The molecule has 0 saturated carbocycles.